The molecule has 0 atom stereocenters. The summed E-state index contributed by atoms with van der Waals surface area (Å²) < 4.78 is 5.88. The second-order valence-electron chi connectivity index (χ2n) is 5.46. The van der Waals surface area contributed by atoms with E-state index in [-0.39, 0.29) is 42.3 Å². The van der Waals surface area contributed by atoms with E-state index >= 15 is 0 Å². The Morgan fingerprint density at radius 3 is 2.52 bits per heavy atom. The van der Waals surface area contributed by atoms with Gasteiger partial charge in [0.25, 0.3) is 5.91 Å². The highest BCUT2D eigenvalue weighted by atomic mass is 35.5. The van der Waals surface area contributed by atoms with Gasteiger partial charge >= 0.3 is 0 Å². The zero-order valence-electron chi connectivity index (χ0n) is 15.4. The summed E-state index contributed by atoms with van der Waals surface area (Å²) in [6, 6.07) is 8.72. The number of hydrogen-bond acceptors (Lipinski definition) is 5. The van der Waals surface area contributed by atoms with Crippen LogP contribution >= 0.6 is 24.8 Å². The topological polar surface area (TPSA) is 92.3 Å². The number of amides is 2. The Morgan fingerprint density at radius 1 is 1.11 bits per heavy atom. The number of nitrogens with one attached hydrogen (secondary N) is 3. The molecule has 2 aromatic rings. The predicted molar refractivity (Wildman–Crippen MR) is 111 cm³/mol. The van der Waals surface area contributed by atoms with Crippen LogP contribution < -0.4 is 20.7 Å². The molecule has 0 saturated heterocycles. The van der Waals surface area contributed by atoms with Crippen molar-refractivity contribution >= 4 is 42.3 Å². The smallest absolute Gasteiger partial charge is 0.269 e. The largest absolute Gasteiger partial charge is 0.455 e. The van der Waals surface area contributed by atoms with Crippen LogP contribution in [0.1, 0.15) is 22.5 Å². The van der Waals surface area contributed by atoms with Crippen LogP contribution in [0.5, 0.6) is 11.5 Å². The summed E-state index contributed by atoms with van der Waals surface area (Å²) in [5.41, 5.74) is 1.82. The molecule has 9 heteroatoms. The number of aryl methyl sites for hydroxylation is 1. The van der Waals surface area contributed by atoms with E-state index in [1.165, 1.54) is 13.2 Å². The Hall–Kier alpha value is -2.35. The molecule has 0 aliphatic heterocycles. The first-order valence-electron chi connectivity index (χ1n) is 7.94. The summed E-state index contributed by atoms with van der Waals surface area (Å²) >= 11 is 0. The van der Waals surface area contributed by atoms with Gasteiger partial charge in [0, 0.05) is 32.3 Å². The first-order chi connectivity index (χ1) is 12.0. The number of rotatable bonds is 7. The Balaban J connectivity index is 0.00000338. The van der Waals surface area contributed by atoms with Crippen LogP contribution in [0.2, 0.25) is 0 Å². The minimum atomic E-state index is -0.296. The van der Waals surface area contributed by atoms with Crippen molar-refractivity contribution in [3.05, 3.63) is 47.8 Å². The second kappa shape index (κ2) is 12.1. The molecule has 1 heterocycles. The molecule has 1 aromatic carbocycles. The molecule has 0 aliphatic carbocycles. The minimum absolute atomic E-state index is 0. The minimum Gasteiger partial charge on any atom is -0.455 e. The Morgan fingerprint density at radius 2 is 1.85 bits per heavy atom. The number of hydrogen-bond donors (Lipinski definition) is 3. The molecule has 27 heavy (non-hydrogen) atoms. The standard InChI is InChI=1S/C18H22N4O3.2ClH/c1-12-4-5-14(22-17(23)7-8-19-2)16(10-12)25-13-6-9-21-15(11-13)18(24)20-3;;/h4-6,9-11,19H,7-8H2,1-3H3,(H,20,24)(H,22,23);2*1H. The molecule has 0 spiro atoms. The SMILES string of the molecule is CNCCC(=O)Nc1ccc(C)cc1Oc1ccnc(C(=O)NC)c1.Cl.Cl. The van der Waals surface area contributed by atoms with Crippen molar-refractivity contribution in [2.45, 2.75) is 13.3 Å². The number of aromatic nitrogens is 1. The molecule has 1 aromatic heterocycles. The molecule has 0 bridgehead atoms. The third-order valence-corrected chi connectivity index (χ3v) is 3.43. The van der Waals surface area contributed by atoms with Crippen LogP contribution in [0.25, 0.3) is 0 Å². The van der Waals surface area contributed by atoms with Crippen molar-refractivity contribution in [1.29, 1.82) is 0 Å². The number of carbonyl (C=O) groups is 2. The van der Waals surface area contributed by atoms with Gasteiger partial charge in [0.1, 0.15) is 11.4 Å². The van der Waals surface area contributed by atoms with E-state index in [1.54, 1.807) is 25.2 Å². The summed E-state index contributed by atoms with van der Waals surface area (Å²) in [5.74, 6) is 0.566. The lowest BCUT2D eigenvalue weighted by atomic mass is 10.2. The number of benzene rings is 1. The number of pyridine rings is 1. The van der Waals surface area contributed by atoms with E-state index in [1.807, 2.05) is 19.1 Å². The lowest BCUT2D eigenvalue weighted by Gasteiger charge is -2.13. The molecule has 0 saturated carbocycles. The highest BCUT2D eigenvalue weighted by Gasteiger charge is 2.11. The van der Waals surface area contributed by atoms with E-state index in [0.717, 1.165) is 5.56 Å². The van der Waals surface area contributed by atoms with E-state index in [9.17, 15) is 9.59 Å². The number of halogens is 2. The van der Waals surface area contributed by atoms with Gasteiger partial charge in [0.15, 0.2) is 5.75 Å². The predicted octanol–water partition coefficient (Wildman–Crippen LogP) is 2.93. The van der Waals surface area contributed by atoms with Crippen LogP contribution in [0.3, 0.4) is 0 Å². The van der Waals surface area contributed by atoms with Gasteiger partial charge in [-0.25, -0.2) is 0 Å². The highest BCUT2D eigenvalue weighted by Crippen LogP contribution is 2.30. The van der Waals surface area contributed by atoms with Crippen LogP contribution in [0, 0.1) is 6.92 Å². The first kappa shape index (κ1) is 24.7. The monoisotopic (exact) mass is 414 g/mol. The Kier molecular flexibility index (Phi) is 11.1. The van der Waals surface area contributed by atoms with Crippen LogP contribution in [-0.4, -0.2) is 37.4 Å². The molecule has 148 valence electrons. The Labute approximate surface area is 171 Å². The number of nitrogens with zero attached hydrogens (tertiary/aromatic N) is 1. The summed E-state index contributed by atoms with van der Waals surface area (Å²) in [6.07, 6.45) is 1.86. The molecular formula is C18H24Cl2N4O3. The fourth-order valence-corrected chi connectivity index (χ4v) is 2.12. The quantitative estimate of drug-likeness (QED) is 0.647. The first-order valence-corrected chi connectivity index (χ1v) is 7.94. The van der Waals surface area contributed by atoms with Gasteiger partial charge in [0.2, 0.25) is 5.91 Å². The lowest BCUT2D eigenvalue weighted by Crippen LogP contribution is -2.19. The van der Waals surface area contributed by atoms with E-state index in [4.69, 9.17) is 4.74 Å². The number of anilines is 1. The van der Waals surface area contributed by atoms with E-state index in [0.29, 0.717) is 30.2 Å². The zero-order chi connectivity index (χ0) is 18.2. The van der Waals surface area contributed by atoms with E-state index in [2.05, 4.69) is 20.9 Å². The summed E-state index contributed by atoms with van der Waals surface area (Å²) in [5, 5.41) is 8.29. The maximum absolute atomic E-state index is 12.0. The average molecular weight is 415 g/mol. The van der Waals surface area contributed by atoms with Gasteiger partial charge in [-0.05, 0) is 37.7 Å². The number of ether oxygens (including phenoxy) is 1. The van der Waals surface area contributed by atoms with Gasteiger partial charge in [-0.1, -0.05) is 6.07 Å². The molecule has 2 amide bonds. The zero-order valence-corrected chi connectivity index (χ0v) is 17.0. The fourth-order valence-electron chi connectivity index (χ4n) is 2.12. The summed E-state index contributed by atoms with van der Waals surface area (Å²) in [6.45, 7) is 2.52. The molecular weight excluding hydrogens is 391 g/mol. The van der Waals surface area contributed by atoms with Gasteiger partial charge in [-0.3, -0.25) is 14.6 Å². The van der Waals surface area contributed by atoms with Crippen molar-refractivity contribution in [3.8, 4) is 11.5 Å². The summed E-state index contributed by atoms with van der Waals surface area (Å²) in [4.78, 5) is 27.7. The van der Waals surface area contributed by atoms with Gasteiger partial charge < -0.3 is 20.7 Å². The second-order valence-corrected chi connectivity index (χ2v) is 5.46. The van der Waals surface area contributed by atoms with Gasteiger partial charge in [-0.15, -0.1) is 24.8 Å². The van der Waals surface area contributed by atoms with Gasteiger partial charge in [-0.2, -0.15) is 0 Å². The molecule has 0 aliphatic rings. The van der Waals surface area contributed by atoms with Crippen LogP contribution in [0.15, 0.2) is 36.5 Å². The normalized spacial score (nSPS) is 9.44. The maximum atomic E-state index is 12.0. The maximum Gasteiger partial charge on any atom is 0.269 e. The van der Waals surface area contributed by atoms with Crippen molar-refractivity contribution < 1.29 is 14.3 Å². The van der Waals surface area contributed by atoms with E-state index < -0.39 is 0 Å². The number of carbonyl (C=O) groups excluding carboxylic acids is 2. The molecule has 3 N–H and O–H groups in total. The molecule has 0 fully saturated rings. The van der Waals surface area contributed by atoms with Crippen LogP contribution in [0.4, 0.5) is 5.69 Å². The fraction of sp³-hybridized carbons (Fsp3) is 0.278. The lowest BCUT2D eigenvalue weighted by molar-refractivity contribution is -0.116. The molecule has 7 nitrogen and oxygen atoms in total. The third-order valence-electron chi connectivity index (χ3n) is 3.43. The molecule has 0 unspecified atom stereocenters. The molecule has 0 radical (unpaired) electrons. The summed E-state index contributed by atoms with van der Waals surface area (Å²) in [7, 11) is 3.33. The Bertz CT molecular complexity index is 772. The van der Waals surface area contributed by atoms with Crippen molar-refractivity contribution in [3.63, 3.8) is 0 Å². The molecule has 2 rings (SSSR count). The average Bonchev–Trinajstić information content (AvgIpc) is 2.61. The van der Waals surface area contributed by atoms with Crippen LogP contribution in [-0.2, 0) is 4.79 Å². The highest BCUT2D eigenvalue weighted by molar-refractivity contribution is 5.93. The van der Waals surface area contributed by atoms with Crippen molar-refractivity contribution in [1.82, 2.24) is 15.6 Å². The third kappa shape index (κ3) is 7.42. The van der Waals surface area contributed by atoms with Crippen molar-refractivity contribution in [2.24, 2.45) is 0 Å². The van der Waals surface area contributed by atoms with Crippen molar-refractivity contribution in [2.75, 3.05) is 26.0 Å². The van der Waals surface area contributed by atoms with Gasteiger partial charge in [0.05, 0.1) is 5.69 Å².